The monoisotopic (exact) mass is 464 g/mol. The minimum absolute atomic E-state index is 0.0863. The number of benzene rings is 2. The lowest BCUT2D eigenvalue weighted by Crippen LogP contribution is -2.73. The Kier molecular flexibility index (Phi) is 5.30. The van der Waals surface area contributed by atoms with Crippen molar-refractivity contribution in [2.75, 3.05) is 19.7 Å². The number of hydrogen-bond acceptors (Lipinski definition) is 4. The van der Waals surface area contributed by atoms with Crippen LogP contribution < -0.4 is 0 Å². The van der Waals surface area contributed by atoms with E-state index in [1.54, 1.807) is 29.2 Å². The molecular formula is C20H21BrN2O4S. The Hall–Kier alpha value is -1.74. The van der Waals surface area contributed by atoms with Crippen LogP contribution >= 0.6 is 15.9 Å². The van der Waals surface area contributed by atoms with E-state index < -0.39 is 10.0 Å². The summed E-state index contributed by atoms with van der Waals surface area (Å²) in [5, 5.41) is 9.81. The zero-order valence-electron chi connectivity index (χ0n) is 15.1. The van der Waals surface area contributed by atoms with Crippen LogP contribution in [0, 0.1) is 0 Å². The second kappa shape index (κ2) is 7.59. The molecule has 0 aliphatic carbocycles. The number of sulfonamides is 1. The summed E-state index contributed by atoms with van der Waals surface area (Å²) in [4.78, 5) is 14.3. The van der Waals surface area contributed by atoms with Crippen molar-refractivity contribution >= 4 is 31.9 Å². The largest absolute Gasteiger partial charge is 0.394 e. The summed E-state index contributed by atoms with van der Waals surface area (Å²) in [7, 11) is -3.61. The normalized spacial score (nSPS) is 25.3. The molecule has 28 heavy (non-hydrogen) atoms. The van der Waals surface area contributed by atoms with Gasteiger partial charge in [0.25, 0.3) is 0 Å². The average Bonchev–Trinajstić information content (AvgIpc) is 2.65. The van der Waals surface area contributed by atoms with Gasteiger partial charge in [-0.25, -0.2) is 8.42 Å². The van der Waals surface area contributed by atoms with Gasteiger partial charge in [0.15, 0.2) is 0 Å². The van der Waals surface area contributed by atoms with E-state index in [2.05, 4.69) is 15.9 Å². The van der Waals surface area contributed by atoms with Gasteiger partial charge < -0.3 is 10.0 Å². The highest BCUT2D eigenvalue weighted by Crippen LogP contribution is 2.43. The molecule has 0 saturated carbocycles. The molecule has 1 amide bonds. The highest BCUT2D eigenvalue weighted by atomic mass is 79.9. The number of carbonyl (C=O) groups excluding carboxylic acids is 1. The highest BCUT2D eigenvalue weighted by Gasteiger charge is 2.55. The van der Waals surface area contributed by atoms with Gasteiger partial charge in [0.05, 0.1) is 31.0 Å². The maximum atomic E-state index is 12.9. The van der Waals surface area contributed by atoms with Crippen LogP contribution in [0.25, 0.3) is 0 Å². The molecule has 2 aliphatic rings. The van der Waals surface area contributed by atoms with Crippen molar-refractivity contribution in [2.45, 2.75) is 23.8 Å². The number of nitrogens with zero attached hydrogens (tertiary/aromatic N) is 2. The van der Waals surface area contributed by atoms with Crippen molar-refractivity contribution in [2.24, 2.45) is 0 Å². The summed E-state index contributed by atoms with van der Waals surface area (Å²) in [5.41, 5.74) is 1.70. The van der Waals surface area contributed by atoms with Gasteiger partial charge >= 0.3 is 0 Å². The molecule has 6 nitrogen and oxygen atoms in total. The first-order valence-corrected chi connectivity index (χ1v) is 11.5. The van der Waals surface area contributed by atoms with Crippen LogP contribution in [-0.4, -0.2) is 60.4 Å². The quantitative estimate of drug-likeness (QED) is 0.733. The first kappa shape index (κ1) is 19.6. The fourth-order valence-electron chi connectivity index (χ4n) is 4.24. The molecule has 2 aromatic carbocycles. The molecule has 3 atom stereocenters. The third-order valence-corrected chi connectivity index (χ3v) is 7.85. The van der Waals surface area contributed by atoms with Gasteiger partial charge in [0.2, 0.25) is 15.9 Å². The number of piperazine rings is 1. The minimum Gasteiger partial charge on any atom is -0.394 e. The average molecular weight is 465 g/mol. The number of fused-ring (bicyclic) bond motifs is 1. The number of aliphatic hydroxyl groups excluding tert-OH is 1. The SMILES string of the molecule is O=C1CN(S(=O)(=O)Cc2ccccc2)C[C@H]2[C@H](c3ccc(Br)cc3)[C@H](CO)N12. The Labute approximate surface area is 173 Å². The van der Waals surface area contributed by atoms with Crippen LogP contribution in [0.15, 0.2) is 59.1 Å². The van der Waals surface area contributed by atoms with E-state index in [1.807, 2.05) is 30.3 Å². The smallest absolute Gasteiger partial charge is 0.238 e. The number of carbonyl (C=O) groups is 1. The predicted octanol–water partition coefficient (Wildman–Crippen LogP) is 1.95. The summed E-state index contributed by atoms with van der Waals surface area (Å²) in [6.07, 6.45) is 0. The first-order valence-electron chi connectivity index (χ1n) is 9.10. The molecule has 1 N–H and O–H groups in total. The molecule has 4 rings (SSSR count). The van der Waals surface area contributed by atoms with Crippen molar-refractivity contribution in [1.29, 1.82) is 0 Å². The number of hydrogen-bond donors (Lipinski definition) is 1. The maximum Gasteiger partial charge on any atom is 0.238 e. The zero-order chi connectivity index (χ0) is 19.9. The van der Waals surface area contributed by atoms with Crippen LogP contribution in [-0.2, 0) is 20.6 Å². The number of aliphatic hydroxyl groups is 1. The highest BCUT2D eigenvalue weighted by molar-refractivity contribution is 9.10. The minimum atomic E-state index is -3.61. The summed E-state index contributed by atoms with van der Waals surface area (Å²) in [6.45, 7) is -0.0624. The van der Waals surface area contributed by atoms with Crippen LogP contribution in [0.3, 0.4) is 0 Å². The molecule has 2 fully saturated rings. The molecule has 0 spiro atoms. The van der Waals surface area contributed by atoms with Crippen molar-refractivity contribution in [3.63, 3.8) is 0 Å². The molecule has 0 radical (unpaired) electrons. The fourth-order valence-corrected chi connectivity index (χ4v) is 5.99. The molecule has 2 heterocycles. The van der Waals surface area contributed by atoms with E-state index in [1.165, 1.54) is 4.31 Å². The lowest BCUT2D eigenvalue weighted by molar-refractivity contribution is -0.158. The molecule has 0 aromatic heterocycles. The van der Waals surface area contributed by atoms with Gasteiger partial charge in [-0.2, -0.15) is 4.31 Å². The van der Waals surface area contributed by atoms with E-state index in [4.69, 9.17) is 0 Å². The molecule has 148 valence electrons. The second-order valence-electron chi connectivity index (χ2n) is 7.23. The second-order valence-corrected chi connectivity index (χ2v) is 10.1. The zero-order valence-corrected chi connectivity index (χ0v) is 17.5. The predicted molar refractivity (Wildman–Crippen MR) is 109 cm³/mol. The van der Waals surface area contributed by atoms with Crippen molar-refractivity contribution in [1.82, 2.24) is 9.21 Å². The summed E-state index contributed by atoms with van der Waals surface area (Å²) in [5.74, 6) is -0.461. The van der Waals surface area contributed by atoms with E-state index in [9.17, 15) is 18.3 Å². The first-order chi connectivity index (χ1) is 13.4. The standard InChI is InChI=1S/C20H21BrN2O4S/c21-16-8-6-15(7-9-16)20-17-10-22(11-19(25)23(17)18(20)12-24)28(26,27)13-14-4-2-1-3-5-14/h1-9,17-18,20,24H,10-13H2/t17-,18-,20-/m0/s1. The van der Waals surface area contributed by atoms with Crippen LogP contribution in [0.5, 0.6) is 0 Å². The van der Waals surface area contributed by atoms with Crippen LogP contribution in [0.1, 0.15) is 17.0 Å². The summed E-state index contributed by atoms with van der Waals surface area (Å²) < 4.78 is 28.1. The molecule has 0 unspecified atom stereocenters. The molecular weight excluding hydrogens is 444 g/mol. The lowest BCUT2D eigenvalue weighted by atomic mass is 9.74. The fraction of sp³-hybridized carbons (Fsp3) is 0.350. The van der Waals surface area contributed by atoms with Gasteiger partial charge in [0, 0.05) is 16.9 Å². The lowest BCUT2D eigenvalue weighted by Gasteiger charge is -2.58. The molecule has 0 bridgehead atoms. The van der Waals surface area contributed by atoms with Crippen LogP contribution in [0.4, 0.5) is 0 Å². The van der Waals surface area contributed by atoms with Crippen LogP contribution in [0.2, 0.25) is 0 Å². The molecule has 8 heteroatoms. The third-order valence-electron chi connectivity index (χ3n) is 5.56. The summed E-state index contributed by atoms with van der Waals surface area (Å²) >= 11 is 3.41. The van der Waals surface area contributed by atoms with Gasteiger partial charge in [-0.1, -0.05) is 58.4 Å². The topological polar surface area (TPSA) is 77.9 Å². The molecule has 2 saturated heterocycles. The van der Waals surface area contributed by atoms with Crippen molar-refractivity contribution < 1.29 is 18.3 Å². The third kappa shape index (κ3) is 3.50. The maximum absolute atomic E-state index is 12.9. The molecule has 2 aliphatic heterocycles. The Morgan fingerprint density at radius 1 is 1.07 bits per heavy atom. The Bertz CT molecular complexity index is 965. The van der Waals surface area contributed by atoms with E-state index >= 15 is 0 Å². The number of amides is 1. The van der Waals surface area contributed by atoms with Gasteiger partial charge in [-0.3, -0.25) is 4.79 Å². The summed E-state index contributed by atoms with van der Waals surface area (Å²) in [6, 6.07) is 16.2. The van der Waals surface area contributed by atoms with Crippen molar-refractivity contribution in [3.05, 3.63) is 70.2 Å². The Morgan fingerprint density at radius 2 is 1.75 bits per heavy atom. The van der Waals surface area contributed by atoms with E-state index in [0.717, 1.165) is 10.0 Å². The Morgan fingerprint density at radius 3 is 2.39 bits per heavy atom. The van der Waals surface area contributed by atoms with Crippen molar-refractivity contribution in [3.8, 4) is 0 Å². The van der Waals surface area contributed by atoms with E-state index in [-0.39, 0.29) is 49.4 Å². The van der Waals surface area contributed by atoms with Gasteiger partial charge in [-0.05, 0) is 23.3 Å². The Balaban J connectivity index is 1.58. The van der Waals surface area contributed by atoms with E-state index in [0.29, 0.717) is 5.56 Å². The number of halogens is 1. The van der Waals surface area contributed by atoms with Gasteiger partial charge in [-0.15, -0.1) is 0 Å². The molecule has 2 aromatic rings. The number of rotatable bonds is 5. The van der Waals surface area contributed by atoms with Gasteiger partial charge in [0.1, 0.15) is 0 Å².